The summed E-state index contributed by atoms with van der Waals surface area (Å²) in [7, 11) is 0. The van der Waals surface area contributed by atoms with Crippen LogP contribution in [0.2, 0.25) is 0 Å². The van der Waals surface area contributed by atoms with Gasteiger partial charge in [0.25, 0.3) is 0 Å². The molecule has 1 aromatic carbocycles. The number of hydrogen-bond acceptors (Lipinski definition) is 3. The molecule has 1 aliphatic rings. The van der Waals surface area contributed by atoms with Gasteiger partial charge >= 0.3 is 0 Å². The second-order valence-corrected chi connectivity index (χ2v) is 7.96. The van der Waals surface area contributed by atoms with Gasteiger partial charge in [0.05, 0.1) is 23.3 Å². The molecule has 0 saturated heterocycles. The third kappa shape index (κ3) is 3.83. The first kappa shape index (κ1) is 18.6. The van der Waals surface area contributed by atoms with Crippen molar-refractivity contribution >= 4 is 5.91 Å². The van der Waals surface area contributed by atoms with Gasteiger partial charge in [-0.2, -0.15) is 5.10 Å². The van der Waals surface area contributed by atoms with E-state index in [9.17, 15) is 4.79 Å². The van der Waals surface area contributed by atoms with Crippen LogP contribution in [-0.4, -0.2) is 21.2 Å². The van der Waals surface area contributed by atoms with Crippen LogP contribution in [0.3, 0.4) is 0 Å². The van der Waals surface area contributed by atoms with Crippen molar-refractivity contribution < 1.29 is 4.79 Å². The number of aryl methyl sites for hydroxylation is 2. The zero-order chi connectivity index (χ0) is 18.9. The zero-order valence-corrected chi connectivity index (χ0v) is 16.2. The number of nitrogens with one attached hydrogen (secondary N) is 1. The Kier molecular flexibility index (Phi) is 5.19. The van der Waals surface area contributed by atoms with E-state index >= 15 is 0 Å². The van der Waals surface area contributed by atoms with Crippen molar-refractivity contribution in [1.29, 1.82) is 0 Å². The van der Waals surface area contributed by atoms with E-state index in [4.69, 9.17) is 5.73 Å². The Labute approximate surface area is 156 Å². The average Bonchev–Trinajstić information content (AvgIpc) is 2.92. The number of hydrogen-bond donors (Lipinski definition) is 2. The first-order valence-corrected chi connectivity index (χ1v) is 9.51. The monoisotopic (exact) mass is 354 g/mol. The van der Waals surface area contributed by atoms with Gasteiger partial charge in [-0.05, 0) is 64.3 Å². The third-order valence-corrected chi connectivity index (χ3v) is 5.58. The summed E-state index contributed by atoms with van der Waals surface area (Å²) in [5, 5.41) is 7.67. The molecule has 1 heterocycles. The van der Waals surface area contributed by atoms with Gasteiger partial charge in [-0.1, -0.05) is 25.0 Å². The van der Waals surface area contributed by atoms with Gasteiger partial charge in [-0.15, -0.1) is 0 Å². The quantitative estimate of drug-likeness (QED) is 0.881. The van der Waals surface area contributed by atoms with Crippen molar-refractivity contribution in [2.75, 3.05) is 0 Å². The molecule has 1 amide bonds. The molecule has 3 atom stereocenters. The topological polar surface area (TPSA) is 72.9 Å². The number of nitrogens with two attached hydrogens (primary N) is 1. The van der Waals surface area contributed by atoms with Crippen molar-refractivity contribution in [3.8, 4) is 5.69 Å². The van der Waals surface area contributed by atoms with E-state index in [0.717, 1.165) is 48.3 Å². The molecule has 3 N–H and O–H groups in total. The number of benzene rings is 1. The van der Waals surface area contributed by atoms with E-state index in [2.05, 4.69) is 28.6 Å². The minimum absolute atomic E-state index is 0.0465. The van der Waals surface area contributed by atoms with Crippen molar-refractivity contribution in [2.45, 2.75) is 65.0 Å². The number of amides is 1. The van der Waals surface area contributed by atoms with Crippen LogP contribution < -0.4 is 11.1 Å². The van der Waals surface area contributed by atoms with Crippen molar-refractivity contribution in [3.63, 3.8) is 0 Å². The van der Waals surface area contributed by atoms with Gasteiger partial charge in [-0.3, -0.25) is 4.79 Å². The largest absolute Gasteiger partial charge is 0.349 e. The highest BCUT2D eigenvalue weighted by Gasteiger charge is 2.38. The number of aromatic nitrogens is 2. The lowest BCUT2D eigenvalue weighted by molar-refractivity contribution is -0.128. The maximum atomic E-state index is 12.7. The lowest BCUT2D eigenvalue weighted by atomic mass is 9.74. The Morgan fingerprint density at radius 1 is 1.31 bits per heavy atom. The van der Waals surface area contributed by atoms with Gasteiger partial charge in [0.15, 0.2) is 0 Å². The maximum absolute atomic E-state index is 12.7. The molecule has 5 heteroatoms. The van der Waals surface area contributed by atoms with Crippen molar-refractivity contribution in [1.82, 2.24) is 15.1 Å². The molecule has 26 heavy (non-hydrogen) atoms. The lowest BCUT2D eigenvalue weighted by Crippen LogP contribution is -2.53. The Morgan fingerprint density at radius 3 is 2.58 bits per heavy atom. The summed E-state index contributed by atoms with van der Waals surface area (Å²) >= 11 is 0. The molecule has 0 spiro atoms. The summed E-state index contributed by atoms with van der Waals surface area (Å²) in [4.78, 5) is 12.7. The molecule has 1 saturated carbocycles. The molecule has 0 aliphatic heterocycles. The van der Waals surface area contributed by atoms with Crippen LogP contribution in [0.4, 0.5) is 0 Å². The normalized spacial score (nSPS) is 24.3. The molecular formula is C21H30N4O. The SMILES string of the molecule is Cc1cc(C)n(-c2ccc(C(C)NC(=O)C3CCCCC3(C)N)cc2)n1. The highest BCUT2D eigenvalue weighted by molar-refractivity contribution is 5.80. The molecule has 0 radical (unpaired) electrons. The number of nitrogens with zero attached hydrogens (tertiary/aromatic N) is 2. The fraction of sp³-hybridized carbons (Fsp3) is 0.524. The Bertz CT molecular complexity index is 776. The molecule has 1 aromatic heterocycles. The number of carbonyl (C=O) groups is 1. The Hall–Kier alpha value is -2.14. The predicted octanol–water partition coefficient (Wildman–Crippen LogP) is 3.57. The van der Waals surface area contributed by atoms with Gasteiger partial charge in [0.1, 0.15) is 0 Å². The molecule has 2 aromatic rings. The second kappa shape index (κ2) is 7.23. The fourth-order valence-corrected chi connectivity index (χ4v) is 3.98. The highest BCUT2D eigenvalue weighted by atomic mass is 16.2. The summed E-state index contributed by atoms with van der Waals surface area (Å²) in [6.07, 6.45) is 3.98. The average molecular weight is 354 g/mol. The molecule has 3 unspecified atom stereocenters. The third-order valence-electron chi connectivity index (χ3n) is 5.58. The summed E-state index contributed by atoms with van der Waals surface area (Å²) in [5.74, 6) is -0.0301. The van der Waals surface area contributed by atoms with Crippen LogP contribution >= 0.6 is 0 Å². The summed E-state index contributed by atoms with van der Waals surface area (Å²) < 4.78 is 1.93. The molecule has 1 aliphatic carbocycles. The highest BCUT2D eigenvalue weighted by Crippen LogP contribution is 2.32. The van der Waals surface area contributed by atoms with E-state index in [0.29, 0.717) is 0 Å². The van der Waals surface area contributed by atoms with Gasteiger partial charge in [0.2, 0.25) is 5.91 Å². The molecule has 1 fully saturated rings. The smallest absolute Gasteiger partial charge is 0.225 e. The van der Waals surface area contributed by atoms with Gasteiger partial charge < -0.3 is 11.1 Å². The fourth-order valence-electron chi connectivity index (χ4n) is 3.98. The molecular weight excluding hydrogens is 324 g/mol. The van der Waals surface area contributed by atoms with Crippen LogP contribution in [-0.2, 0) is 4.79 Å². The molecule has 0 bridgehead atoms. The minimum atomic E-state index is -0.401. The van der Waals surface area contributed by atoms with Crippen LogP contribution in [0.5, 0.6) is 0 Å². The summed E-state index contributed by atoms with van der Waals surface area (Å²) in [6.45, 7) is 8.06. The summed E-state index contributed by atoms with van der Waals surface area (Å²) in [5.41, 5.74) is 10.2. The maximum Gasteiger partial charge on any atom is 0.225 e. The first-order chi connectivity index (χ1) is 12.3. The predicted molar refractivity (Wildman–Crippen MR) is 104 cm³/mol. The van der Waals surface area contributed by atoms with E-state index in [1.807, 2.05) is 44.5 Å². The first-order valence-electron chi connectivity index (χ1n) is 9.51. The van der Waals surface area contributed by atoms with Crippen LogP contribution in [0.15, 0.2) is 30.3 Å². The molecule has 3 rings (SSSR count). The van der Waals surface area contributed by atoms with Gasteiger partial charge in [-0.25, -0.2) is 4.68 Å². The van der Waals surface area contributed by atoms with Crippen LogP contribution in [0.25, 0.3) is 5.69 Å². The van der Waals surface area contributed by atoms with Crippen LogP contribution in [0.1, 0.15) is 62.5 Å². The lowest BCUT2D eigenvalue weighted by Gasteiger charge is -2.37. The van der Waals surface area contributed by atoms with E-state index < -0.39 is 5.54 Å². The molecule has 140 valence electrons. The summed E-state index contributed by atoms with van der Waals surface area (Å²) in [6, 6.07) is 10.2. The zero-order valence-electron chi connectivity index (χ0n) is 16.2. The molecule has 5 nitrogen and oxygen atoms in total. The Morgan fingerprint density at radius 2 is 2.00 bits per heavy atom. The Balaban J connectivity index is 1.69. The van der Waals surface area contributed by atoms with Crippen LogP contribution in [0, 0.1) is 19.8 Å². The minimum Gasteiger partial charge on any atom is -0.349 e. The van der Waals surface area contributed by atoms with E-state index in [1.165, 1.54) is 0 Å². The van der Waals surface area contributed by atoms with Crippen molar-refractivity contribution in [3.05, 3.63) is 47.3 Å². The van der Waals surface area contributed by atoms with Crippen molar-refractivity contribution in [2.24, 2.45) is 11.7 Å². The number of carbonyl (C=O) groups excluding carboxylic acids is 1. The number of rotatable bonds is 4. The second-order valence-electron chi connectivity index (χ2n) is 7.96. The van der Waals surface area contributed by atoms with E-state index in [-0.39, 0.29) is 17.9 Å². The van der Waals surface area contributed by atoms with E-state index in [1.54, 1.807) is 0 Å². The van der Waals surface area contributed by atoms with Gasteiger partial charge in [0, 0.05) is 11.2 Å². The standard InChI is InChI=1S/C21H30N4O/c1-14-13-15(2)25(24-14)18-10-8-17(9-11-18)16(3)23-20(26)19-7-5-6-12-21(19,4)22/h8-11,13,16,19H,5-7,12,22H2,1-4H3,(H,23,26).